The molecule has 0 spiro atoms. The van der Waals surface area contributed by atoms with Crippen molar-refractivity contribution in [3.05, 3.63) is 65.7 Å². The molecule has 1 unspecified atom stereocenters. The molecule has 1 aliphatic rings. The summed E-state index contributed by atoms with van der Waals surface area (Å²) >= 11 is 0. The maximum Gasteiger partial charge on any atom is 0.244 e. The molecule has 1 aliphatic heterocycles. The second-order valence-electron chi connectivity index (χ2n) is 6.01. The van der Waals surface area contributed by atoms with Crippen LogP contribution in [0.2, 0.25) is 0 Å². The Balaban J connectivity index is 1.64. The SMILES string of the molecule is O=C(CNS(=O)(=O)c1cc(F)ccc1F)N1CCOC(c2ccccc2)C1. The van der Waals surface area contributed by atoms with E-state index in [1.165, 1.54) is 4.90 Å². The van der Waals surface area contributed by atoms with Crippen molar-refractivity contribution in [1.29, 1.82) is 0 Å². The summed E-state index contributed by atoms with van der Waals surface area (Å²) in [7, 11) is -4.36. The molecule has 1 fully saturated rings. The number of amides is 1. The number of nitrogens with one attached hydrogen (secondary N) is 1. The number of hydrogen-bond acceptors (Lipinski definition) is 4. The molecular formula is C18H18F2N2O4S. The highest BCUT2D eigenvalue weighted by Gasteiger charge is 2.27. The van der Waals surface area contributed by atoms with Gasteiger partial charge in [0.1, 0.15) is 22.6 Å². The molecule has 1 atom stereocenters. The number of hydrogen-bond donors (Lipinski definition) is 1. The van der Waals surface area contributed by atoms with Gasteiger partial charge in [-0.2, -0.15) is 0 Å². The first kappa shape index (κ1) is 19.4. The lowest BCUT2D eigenvalue weighted by atomic mass is 10.1. The minimum atomic E-state index is -4.36. The molecular weight excluding hydrogens is 378 g/mol. The Morgan fingerprint density at radius 3 is 2.67 bits per heavy atom. The summed E-state index contributed by atoms with van der Waals surface area (Å²) in [4.78, 5) is 13.0. The molecule has 6 nitrogen and oxygen atoms in total. The summed E-state index contributed by atoms with van der Waals surface area (Å²) < 4.78 is 58.9. The maximum atomic E-state index is 13.7. The predicted molar refractivity (Wildman–Crippen MR) is 93.3 cm³/mol. The van der Waals surface area contributed by atoms with Gasteiger partial charge in [-0.1, -0.05) is 30.3 Å². The van der Waals surface area contributed by atoms with Crippen molar-refractivity contribution < 1.29 is 26.7 Å². The third-order valence-corrected chi connectivity index (χ3v) is 5.60. The predicted octanol–water partition coefficient (Wildman–Crippen LogP) is 1.84. The number of sulfonamides is 1. The first-order valence-corrected chi connectivity index (χ1v) is 9.74. The molecule has 1 N–H and O–H groups in total. The van der Waals surface area contributed by atoms with Crippen molar-refractivity contribution in [2.24, 2.45) is 0 Å². The van der Waals surface area contributed by atoms with Gasteiger partial charge in [-0.05, 0) is 23.8 Å². The van der Waals surface area contributed by atoms with Crippen LogP contribution in [0.25, 0.3) is 0 Å². The Morgan fingerprint density at radius 1 is 1.19 bits per heavy atom. The molecule has 3 rings (SSSR count). The van der Waals surface area contributed by atoms with E-state index in [0.717, 1.165) is 17.7 Å². The Kier molecular flexibility index (Phi) is 5.83. The zero-order valence-corrected chi connectivity index (χ0v) is 15.1. The molecule has 0 bridgehead atoms. The smallest absolute Gasteiger partial charge is 0.244 e. The van der Waals surface area contributed by atoms with E-state index >= 15 is 0 Å². The number of carbonyl (C=O) groups excluding carboxylic acids is 1. The number of nitrogens with zero attached hydrogens (tertiary/aromatic N) is 1. The monoisotopic (exact) mass is 396 g/mol. The Hall–Kier alpha value is -2.36. The van der Waals surface area contributed by atoms with Crippen LogP contribution in [-0.4, -0.2) is 45.5 Å². The largest absolute Gasteiger partial charge is 0.370 e. The maximum absolute atomic E-state index is 13.7. The van der Waals surface area contributed by atoms with Crippen LogP contribution in [0.1, 0.15) is 11.7 Å². The number of halogens is 2. The van der Waals surface area contributed by atoms with Gasteiger partial charge in [-0.3, -0.25) is 4.79 Å². The van der Waals surface area contributed by atoms with Gasteiger partial charge < -0.3 is 9.64 Å². The molecule has 0 aromatic heterocycles. The second-order valence-corrected chi connectivity index (χ2v) is 7.74. The Morgan fingerprint density at radius 2 is 1.93 bits per heavy atom. The number of benzene rings is 2. The van der Waals surface area contributed by atoms with E-state index in [9.17, 15) is 22.0 Å². The summed E-state index contributed by atoms with van der Waals surface area (Å²) in [5.74, 6) is -2.45. The van der Waals surface area contributed by atoms with Gasteiger partial charge in [-0.15, -0.1) is 0 Å². The molecule has 1 heterocycles. The number of ether oxygens (including phenoxy) is 1. The topological polar surface area (TPSA) is 75.7 Å². The van der Waals surface area contributed by atoms with Crippen LogP contribution in [0.4, 0.5) is 8.78 Å². The fourth-order valence-electron chi connectivity index (χ4n) is 2.77. The normalized spacial score (nSPS) is 17.7. The molecule has 0 saturated carbocycles. The molecule has 0 radical (unpaired) electrons. The van der Waals surface area contributed by atoms with E-state index in [4.69, 9.17) is 4.74 Å². The molecule has 9 heteroatoms. The van der Waals surface area contributed by atoms with E-state index in [2.05, 4.69) is 0 Å². The van der Waals surface area contributed by atoms with E-state index < -0.39 is 39.0 Å². The average Bonchev–Trinajstić information content (AvgIpc) is 2.69. The quantitative estimate of drug-likeness (QED) is 0.837. The molecule has 27 heavy (non-hydrogen) atoms. The highest BCUT2D eigenvalue weighted by atomic mass is 32.2. The van der Waals surface area contributed by atoms with Gasteiger partial charge in [0.15, 0.2) is 0 Å². The van der Waals surface area contributed by atoms with Crippen LogP contribution in [0.5, 0.6) is 0 Å². The van der Waals surface area contributed by atoms with Crippen molar-refractivity contribution in [3.63, 3.8) is 0 Å². The first-order chi connectivity index (χ1) is 12.9. The summed E-state index contributed by atoms with van der Waals surface area (Å²) in [6, 6.07) is 11.5. The lowest BCUT2D eigenvalue weighted by molar-refractivity contribution is -0.137. The van der Waals surface area contributed by atoms with Gasteiger partial charge in [-0.25, -0.2) is 21.9 Å². The van der Waals surface area contributed by atoms with Crippen molar-refractivity contribution in [2.75, 3.05) is 26.2 Å². The summed E-state index contributed by atoms with van der Waals surface area (Å²) in [5, 5.41) is 0. The van der Waals surface area contributed by atoms with Gasteiger partial charge in [0.25, 0.3) is 0 Å². The zero-order valence-electron chi connectivity index (χ0n) is 14.3. The highest BCUT2D eigenvalue weighted by Crippen LogP contribution is 2.22. The molecule has 2 aromatic rings. The number of morpholine rings is 1. The Bertz CT molecular complexity index is 922. The van der Waals surface area contributed by atoms with Gasteiger partial charge in [0.2, 0.25) is 15.9 Å². The zero-order chi connectivity index (χ0) is 19.4. The van der Waals surface area contributed by atoms with E-state index in [1.807, 2.05) is 35.1 Å². The number of carbonyl (C=O) groups is 1. The van der Waals surface area contributed by atoms with Crippen molar-refractivity contribution in [1.82, 2.24) is 9.62 Å². The van der Waals surface area contributed by atoms with E-state index in [1.54, 1.807) is 0 Å². The van der Waals surface area contributed by atoms with E-state index in [0.29, 0.717) is 19.2 Å². The van der Waals surface area contributed by atoms with Crippen molar-refractivity contribution in [2.45, 2.75) is 11.0 Å². The summed E-state index contributed by atoms with van der Waals surface area (Å²) in [5.41, 5.74) is 0.914. The van der Waals surface area contributed by atoms with Gasteiger partial charge in [0, 0.05) is 6.54 Å². The van der Waals surface area contributed by atoms with Crippen molar-refractivity contribution >= 4 is 15.9 Å². The highest BCUT2D eigenvalue weighted by molar-refractivity contribution is 7.89. The van der Waals surface area contributed by atoms with Crippen LogP contribution in [0.3, 0.4) is 0 Å². The fourth-order valence-corrected chi connectivity index (χ4v) is 3.84. The van der Waals surface area contributed by atoms with E-state index in [-0.39, 0.29) is 12.6 Å². The average molecular weight is 396 g/mol. The summed E-state index contributed by atoms with van der Waals surface area (Å²) in [6.45, 7) is 0.355. The van der Waals surface area contributed by atoms with Gasteiger partial charge in [0.05, 0.1) is 19.7 Å². The minimum absolute atomic E-state index is 0.277. The van der Waals surface area contributed by atoms with Crippen LogP contribution in [0.15, 0.2) is 53.4 Å². The van der Waals surface area contributed by atoms with Crippen LogP contribution >= 0.6 is 0 Å². The lowest BCUT2D eigenvalue weighted by Crippen LogP contribution is -2.46. The van der Waals surface area contributed by atoms with Crippen molar-refractivity contribution in [3.8, 4) is 0 Å². The van der Waals surface area contributed by atoms with Crippen LogP contribution in [0, 0.1) is 11.6 Å². The molecule has 0 aliphatic carbocycles. The number of rotatable bonds is 5. The second kappa shape index (κ2) is 8.12. The lowest BCUT2D eigenvalue weighted by Gasteiger charge is -2.33. The van der Waals surface area contributed by atoms with Gasteiger partial charge >= 0.3 is 0 Å². The van der Waals surface area contributed by atoms with Crippen LogP contribution < -0.4 is 4.72 Å². The first-order valence-electron chi connectivity index (χ1n) is 8.26. The third kappa shape index (κ3) is 4.68. The standard InChI is InChI=1S/C18H18F2N2O4S/c19-14-6-7-15(20)17(10-14)27(24,25)21-11-18(23)22-8-9-26-16(12-22)13-4-2-1-3-5-13/h1-7,10,16,21H,8-9,11-12H2. The molecule has 2 aromatic carbocycles. The molecule has 144 valence electrons. The minimum Gasteiger partial charge on any atom is -0.370 e. The third-order valence-electron chi connectivity index (χ3n) is 4.19. The Labute approximate surface area is 155 Å². The molecule has 1 saturated heterocycles. The summed E-state index contributed by atoms with van der Waals surface area (Å²) in [6.07, 6.45) is -0.304. The molecule has 1 amide bonds. The fraction of sp³-hybridized carbons (Fsp3) is 0.278. The van der Waals surface area contributed by atoms with Crippen LogP contribution in [-0.2, 0) is 19.6 Å².